The Balaban J connectivity index is 1.93. The second-order valence-corrected chi connectivity index (χ2v) is 5.13. The first-order valence-electron chi connectivity index (χ1n) is 7.31. The standard InChI is InChI=1S/C18H12F3N3O/c19-18(20,21)16-9-5-4-8-15(16)17(25)23-13-10-11-24(22-12-13)14-6-2-1-3-7-14/h1-12H/b23-13+. The van der Waals surface area contributed by atoms with Gasteiger partial charge in [-0.05, 0) is 30.3 Å². The summed E-state index contributed by atoms with van der Waals surface area (Å²) in [6.07, 6.45) is -1.72. The Morgan fingerprint density at radius 2 is 1.64 bits per heavy atom. The highest BCUT2D eigenvalue weighted by molar-refractivity contribution is 5.96. The lowest BCUT2D eigenvalue weighted by molar-refractivity contribution is -0.137. The van der Waals surface area contributed by atoms with E-state index in [0.717, 1.165) is 17.8 Å². The summed E-state index contributed by atoms with van der Waals surface area (Å²) in [4.78, 5) is 15.9. The Labute approximate surface area is 140 Å². The van der Waals surface area contributed by atoms with Gasteiger partial charge in [-0.2, -0.15) is 18.3 Å². The average Bonchev–Trinajstić information content (AvgIpc) is 2.62. The second kappa shape index (κ2) is 6.72. The Hall–Kier alpha value is -3.22. The van der Waals surface area contributed by atoms with Gasteiger partial charge in [0.2, 0.25) is 0 Å². The lowest BCUT2D eigenvalue weighted by Gasteiger charge is -2.09. The molecule has 3 rings (SSSR count). The van der Waals surface area contributed by atoms with Crippen LogP contribution in [0.5, 0.6) is 0 Å². The van der Waals surface area contributed by atoms with Crippen LogP contribution in [0.2, 0.25) is 0 Å². The van der Waals surface area contributed by atoms with E-state index in [2.05, 4.69) is 10.1 Å². The van der Waals surface area contributed by atoms with Crippen molar-refractivity contribution in [3.05, 3.63) is 89.5 Å². The quantitative estimate of drug-likeness (QED) is 0.713. The lowest BCUT2D eigenvalue weighted by atomic mass is 10.1. The van der Waals surface area contributed by atoms with E-state index in [1.54, 1.807) is 10.9 Å². The molecule has 0 radical (unpaired) electrons. The smallest absolute Gasteiger partial charge is 0.267 e. The monoisotopic (exact) mass is 343 g/mol. The van der Waals surface area contributed by atoms with Crippen molar-refractivity contribution in [3.63, 3.8) is 0 Å². The molecule has 3 aromatic rings. The third-order valence-corrected chi connectivity index (χ3v) is 3.42. The fourth-order valence-corrected chi connectivity index (χ4v) is 2.24. The van der Waals surface area contributed by atoms with Crippen molar-refractivity contribution in [1.29, 1.82) is 0 Å². The molecule has 4 nitrogen and oxygen atoms in total. The van der Waals surface area contributed by atoms with Crippen LogP contribution in [-0.4, -0.2) is 15.7 Å². The summed E-state index contributed by atoms with van der Waals surface area (Å²) in [6, 6.07) is 15.3. The number of halogens is 3. The molecule has 2 aromatic carbocycles. The van der Waals surface area contributed by atoms with Gasteiger partial charge in [0.15, 0.2) is 0 Å². The van der Waals surface area contributed by atoms with Gasteiger partial charge >= 0.3 is 6.18 Å². The number of nitrogens with zero attached hydrogens (tertiary/aromatic N) is 3. The number of rotatable bonds is 2. The van der Waals surface area contributed by atoms with E-state index in [4.69, 9.17) is 0 Å². The van der Waals surface area contributed by atoms with E-state index >= 15 is 0 Å². The van der Waals surface area contributed by atoms with E-state index in [9.17, 15) is 18.0 Å². The fraction of sp³-hybridized carbons (Fsp3) is 0.0556. The minimum atomic E-state index is -4.62. The number of amides is 1. The van der Waals surface area contributed by atoms with Crippen molar-refractivity contribution in [3.8, 4) is 5.69 Å². The van der Waals surface area contributed by atoms with Crippen LogP contribution in [0.15, 0.2) is 78.0 Å². The number of alkyl halides is 3. The maximum atomic E-state index is 13.0. The van der Waals surface area contributed by atoms with Gasteiger partial charge in [-0.3, -0.25) is 4.79 Å². The van der Waals surface area contributed by atoms with Crippen LogP contribution >= 0.6 is 0 Å². The third kappa shape index (κ3) is 3.82. The van der Waals surface area contributed by atoms with Gasteiger partial charge in [0.05, 0.1) is 28.4 Å². The predicted molar refractivity (Wildman–Crippen MR) is 84.9 cm³/mol. The molecule has 0 saturated heterocycles. The Morgan fingerprint density at radius 1 is 0.960 bits per heavy atom. The van der Waals surface area contributed by atoms with Gasteiger partial charge in [-0.1, -0.05) is 30.3 Å². The van der Waals surface area contributed by atoms with Gasteiger partial charge in [-0.15, -0.1) is 0 Å². The Kier molecular flexibility index (Phi) is 4.47. The van der Waals surface area contributed by atoms with Crippen molar-refractivity contribution >= 4 is 5.91 Å². The first-order chi connectivity index (χ1) is 11.9. The van der Waals surface area contributed by atoms with Crippen molar-refractivity contribution in [2.24, 2.45) is 4.99 Å². The van der Waals surface area contributed by atoms with Gasteiger partial charge in [0.25, 0.3) is 5.91 Å². The normalized spacial score (nSPS) is 12.2. The zero-order chi connectivity index (χ0) is 17.9. The minimum Gasteiger partial charge on any atom is -0.267 e. The number of benzene rings is 2. The molecule has 126 valence electrons. The highest BCUT2D eigenvalue weighted by Gasteiger charge is 2.34. The lowest BCUT2D eigenvalue weighted by Crippen LogP contribution is -2.15. The third-order valence-electron chi connectivity index (χ3n) is 3.42. The summed E-state index contributed by atoms with van der Waals surface area (Å²) in [5.41, 5.74) is -0.690. The summed E-state index contributed by atoms with van der Waals surface area (Å²) in [5.74, 6) is -0.966. The van der Waals surface area contributed by atoms with E-state index < -0.39 is 23.2 Å². The van der Waals surface area contributed by atoms with Crippen LogP contribution < -0.4 is 5.36 Å². The first-order valence-corrected chi connectivity index (χ1v) is 7.31. The number of hydrogen-bond donors (Lipinski definition) is 0. The molecule has 7 heteroatoms. The van der Waals surface area contributed by atoms with Gasteiger partial charge in [-0.25, -0.2) is 9.67 Å². The summed E-state index contributed by atoms with van der Waals surface area (Å²) in [7, 11) is 0. The van der Waals surface area contributed by atoms with Crippen molar-refractivity contribution in [1.82, 2.24) is 9.78 Å². The predicted octanol–water partition coefficient (Wildman–Crippen LogP) is 3.63. The summed E-state index contributed by atoms with van der Waals surface area (Å²) >= 11 is 0. The molecule has 0 fully saturated rings. The maximum absolute atomic E-state index is 13.0. The summed E-state index contributed by atoms with van der Waals surface area (Å²) in [6.45, 7) is 0. The molecule has 0 atom stereocenters. The molecule has 0 bridgehead atoms. The van der Waals surface area contributed by atoms with Crippen LogP contribution in [0.1, 0.15) is 15.9 Å². The second-order valence-electron chi connectivity index (χ2n) is 5.13. The van der Waals surface area contributed by atoms with Crippen molar-refractivity contribution in [2.75, 3.05) is 0 Å². The molecule has 0 spiro atoms. The van der Waals surface area contributed by atoms with E-state index in [1.165, 1.54) is 24.4 Å². The number of para-hydroxylation sites is 1. The largest absolute Gasteiger partial charge is 0.417 e. The zero-order valence-corrected chi connectivity index (χ0v) is 12.8. The zero-order valence-electron chi connectivity index (χ0n) is 12.8. The van der Waals surface area contributed by atoms with E-state index in [1.807, 2.05) is 30.3 Å². The molecule has 1 aromatic heterocycles. The molecule has 0 aliphatic heterocycles. The molecule has 0 aliphatic rings. The minimum absolute atomic E-state index is 0.175. The molecule has 0 unspecified atom stereocenters. The SMILES string of the molecule is O=C(/N=c1\ccn(-c2ccccc2)nc1)c1ccccc1C(F)(F)F. The number of aromatic nitrogens is 2. The van der Waals surface area contributed by atoms with Crippen LogP contribution in [0.4, 0.5) is 13.2 Å². The fourth-order valence-electron chi connectivity index (χ4n) is 2.24. The molecular weight excluding hydrogens is 331 g/mol. The molecule has 0 aliphatic carbocycles. The molecular formula is C18H12F3N3O. The van der Waals surface area contributed by atoms with Crippen LogP contribution in [0.3, 0.4) is 0 Å². The highest BCUT2D eigenvalue weighted by atomic mass is 19.4. The molecule has 1 amide bonds. The molecule has 1 heterocycles. The maximum Gasteiger partial charge on any atom is 0.417 e. The van der Waals surface area contributed by atoms with Crippen LogP contribution in [-0.2, 0) is 6.18 Å². The number of carbonyl (C=O) groups is 1. The van der Waals surface area contributed by atoms with Crippen LogP contribution in [0.25, 0.3) is 5.69 Å². The highest BCUT2D eigenvalue weighted by Crippen LogP contribution is 2.32. The van der Waals surface area contributed by atoms with E-state index in [0.29, 0.717) is 0 Å². The van der Waals surface area contributed by atoms with E-state index in [-0.39, 0.29) is 5.36 Å². The summed E-state index contributed by atoms with van der Waals surface area (Å²) < 4.78 is 40.5. The molecule has 0 saturated carbocycles. The average molecular weight is 343 g/mol. The van der Waals surface area contributed by atoms with Crippen molar-refractivity contribution in [2.45, 2.75) is 6.18 Å². The van der Waals surface area contributed by atoms with Crippen LogP contribution in [0, 0.1) is 0 Å². The van der Waals surface area contributed by atoms with Gasteiger partial charge in [0.1, 0.15) is 0 Å². The Bertz CT molecular complexity index is 943. The van der Waals surface area contributed by atoms with Crippen molar-refractivity contribution < 1.29 is 18.0 Å². The summed E-state index contributed by atoms with van der Waals surface area (Å²) in [5, 5.41) is 4.29. The molecule has 0 N–H and O–H groups in total. The van der Waals surface area contributed by atoms with Gasteiger partial charge in [0, 0.05) is 6.20 Å². The van der Waals surface area contributed by atoms with Gasteiger partial charge < -0.3 is 0 Å². The first kappa shape index (κ1) is 16.6. The molecule has 25 heavy (non-hydrogen) atoms. The Morgan fingerprint density at radius 3 is 2.28 bits per heavy atom. The number of hydrogen-bond acceptors (Lipinski definition) is 2. The topological polar surface area (TPSA) is 47.2 Å². The number of carbonyl (C=O) groups excluding carboxylic acids is 1.